The molecule has 0 fully saturated rings. The Morgan fingerprint density at radius 1 is 1.53 bits per heavy atom. The zero-order valence-corrected chi connectivity index (χ0v) is 9.80. The van der Waals surface area contributed by atoms with Gasteiger partial charge in [0.05, 0.1) is 12.8 Å². The Bertz CT molecular complexity index is 535. The molecule has 90 valence electrons. The smallest absolute Gasteiger partial charge is 0.343 e. The molecule has 0 aliphatic heterocycles. The zero-order valence-electron chi connectivity index (χ0n) is 9.80. The van der Waals surface area contributed by atoms with Crippen molar-refractivity contribution >= 4 is 11.6 Å². The molecule has 0 aliphatic rings. The Kier molecular flexibility index (Phi) is 3.34. The summed E-state index contributed by atoms with van der Waals surface area (Å²) in [5.74, 6) is -0.392. The lowest BCUT2D eigenvalue weighted by Crippen LogP contribution is -2.08. The summed E-state index contributed by atoms with van der Waals surface area (Å²) >= 11 is 0. The minimum absolute atomic E-state index is 0.341. The van der Waals surface area contributed by atoms with Crippen molar-refractivity contribution < 1.29 is 9.53 Å². The highest BCUT2D eigenvalue weighted by Crippen LogP contribution is 2.10. The third-order valence-corrected chi connectivity index (χ3v) is 2.29. The Labute approximate surface area is 98.6 Å². The number of carbonyl (C=O) groups is 1. The molecule has 0 spiro atoms. The van der Waals surface area contributed by atoms with Gasteiger partial charge in [0, 0.05) is 24.5 Å². The molecule has 0 saturated heterocycles. The van der Waals surface area contributed by atoms with E-state index in [4.69, 9.17) is 4.74 Å². The lowest BCUT2D eigenvalue weighted by Gasteiger charge is -2.01. The number of nitrogens with zero attached hydrogens (tertiary/aromatic N) is 3. The van der Waals surface area contributed by atoms with Gasteiger partial charge >= 0.3 is 5.97 Å². The second kappa shape index (κ2) is 4.92. The summed E-state index contributed by atoms with van der Waals surface area (Å²) in [6.45, 7) is 2.81. The molecule has 0 unspecified atom stereocenters. The van der Waals surface area contributed by atoms with Gasteiger partial charge in [0.1, 0.15) is 5.56 Å². The van der Waals surface area contributed by atoms with Gasteiger partial charge in [-0.2, -0.15) is 5.10 Å². The summed E-state index contributed by atoms with van der Waals surface area (Å²) in [6, 6.07) is 0. The molecule has 2 aromatic heterocycles. The maximum Gasteiger partial charge on any atom is 0.343 e. The minimum atomic E-state index is -0.392. The fourth-order valence-corrected chi connectivity index (χ4v) is 1.56. The number of hydrogen-bond acceptors (Lipinski definition) is 5. The third kappa shape index (κ3) is 2.26. The number of nitrogens with one attached hydrogen (secondary N) is 1. The fourth-order valence-electron chi connectivity index (χ4n) is 1.56. The number of fused-ring (bicyclic) bond motifs is 1. The van der Waals surface area contributed by atoms with Gasteiger partial charge < -0.3 is 10.1 Å². The Morgan fingerprint density at radius 3 is 3.06 bits per heavy atom. The predicted octanol–water partition coefficient (Wildman–Crippen LogP) is 0.625. The Balaban J connectivity index is 2.38. The van der Waals surface area contributed by atoms with Crippen LogP contribution >= 0.6 is 0 Å². The van der Waals surface area contributed by atoms with Crippen LogP contribution in [0.3, 0.4) is 0 Å². The van der Waals surface area contributed by atoms with Gasteiger partial charge in [-0.25, -0.2) is 14.3 Å². The molecule has 0 atom stereocenters. The molecule has 0 amide bonds. The molecule has 0 aromatic carbocycles. The second-order valence-corrected chi connectivity index (χ2v) is 3.54. The van der Waals surface area contributed by atoms with Crippen LogP contribution in [0.25, 0.3) is 5.65 Å². The molecule has 0 saturated carbocycles. The van der Waals surface area contributed by atoms with Crippen LogP contribution in [0.15, 0.2) is 18.6 Å². The van der Waals surface area contributed by atoms with Crippen LogP contribution in [0.1, 0.15) is 22.8 Å². The molecule has 17 heavy (non-hydrogen) atoms. The summed E-state index contributed by atoms with van der Waals surface area (Å²) in [5, 5.41) is 7.12. The number of hydrogen-bond donors (Lipinski definition) is 1. The molecule has 0 radical (unpaired) electrons. The van der Waals surface area contributed by atoms with Gasteiger partial charge in [0.25, 0.3) is 0 Å². The van der Waals surface area contributed by atoms with Gasteiger partial charge in [-0.05, 0) is 14.0 Å². The summed E-state index contributed by atoms with van der Waals surface area (Å²) < 4.78 is 6.51. The Morgan fingerprint density at radius 2 is 2.35 bits per heavy atom. The van der Waals surface area contributed by atoms with E-state index in [1.807, 2.05) is 13.2 Å². The van der Waals surface area contributed by atoms with E-state index in [1.165, 1.54) is 6.20 Å². The van der Waals surface area contributed by atoms with Crippen LogP contribution in [0.4, 0.5) is 0 Å². The van der Waals surface area contributed by atoms with Crippen LogP contribution in [0.2, 0.25) is 0 Å². The average molecular weight is 234 g/mol. The van der Waals surface area contributed by atoms with Gasteiger partial charge in [-0.1, -0.05) is 0 Å². The van der Waals surface area contributed by atoms with Crippen LogP contribution in [-0.2, 0) is 11.3 Å². The minimum Gasteiger partial charge on any atom is -0.462 e. The highest BCUT2D eigenvalue weighted by Gasteiger charge is 2.14. The summed E-state index contributed by atoms with van der Waals surface area (Å²) in [6.07, 6.45) is 5.03. The molecule has 2 heterocycles. The molecule has 2 aromatic rings. The van der Waals surface area contributed by atoms with Crippen LogP contribution in [-0.4, -0.2) is 34.2 Å². The van der Waals surface area contributed by atoms with Crippen molar-refractivity contribution in [3.05, 3.63) is 29.7 Å². The largest absolute Gasteiger partial charge is 0.462 e. The van der Waals surface area contributed by atoms with Crippen molar-refractivity contribution in [1.82, 2.24) is 19.9 Å². The van der Waals surface area contributed by atoms with Gasteiger partial charge in [-0.3, -0.25) is 0 Å². The molecule has 2 rings (SSSR count). The molecular formula is C11H14N4O2. The number of ether oxygens (including phenoxy) is 1. The number of rotatable bonds is 4. The highest BCUT2D eigenvalue weighted by atomic mass is 16.5. The predicted molar refractivity (Wildman–Crippen MR) is 61.7 cm³/mol. The number of aromatic nitrogens is 3. The van der Waals surface area contributed by atoms with E-state index in [-0.39, 0.29) is 0 Å². The van der Waals surface area contributed by atoms with Crippen LogP contribution in [0.5, 0.6) is 0 Å². The van der Waals surface area contributed by atoms with Crippen LogP contribution in [0, 0.1) is 0 Å². The Hall–Kier alpha value is -1.95. The molecule has 1 N–H and O–H groups in total. The normalized spacial score (nSPS) is 10.7. The maximum absolute atomic E-state index is 11.6. The van der Waals surface area contributed by atoms with Gasteiger partial charge in [0.2, 0.25) is 0 Å². The molecular weight excluding hydrogens is 220 g/mol. The average Bonchev–Trinajstić information content (AvgIpc) is 2.73. The van der Waals surface area contributed by atoms with E-state index in [0.717, 1.165) is 5.56 Å². The zero-order chi connectivity index (χ0) is 12.3. The number of esters is 1. The van der Waals surface area contributed by atoms with Crippen molar-refractivity contribution in [2.24, 2.45) is 0 Å². The second-order valence-electron chi connectivity index (χ2n) is 3.54. The standard InChI is InChI=1S/C11H14N4O2/c1-3-17-11(16)9-6-14-15-7-8(4-12-2)5-13-10(9)15/h5-7,12H,3-4H2,1-2H3. The lowest BCUT2D eigenvalue weighted by atomic mass is 10.3. The van der Waals surface area contributed by atoms with E-state index in [9.17, 15) is 4.79 Å². The lowest BCUT2D eigenvalue weighted by molar-refractivity contribution is 0.0528. The van der Waals surface area contributed by atoms with E-state index in [2.05, 4.69) is 15.4 Å². The van der Waals surface area contributed by atoms with Crippen molar-refractivity contribution in [2.75, 3.05) is 13.7 Å². The van der Waals surface area contributed by atoms with E-state index in [0.29, 0.717) is 24.4 Å². The first kappa shape index (κ1) is 11.5. The summed E-state index contributed by atoms with van der Waals surface area (Å²) in [7, 11) is 1.86. The van der Waals surface area contributed by atoms with Gasteiger partial charge in [0.15, 0.2) is 5.65 Å². The third-order valence-electron chi connectivity index (χ3n) is 2.29. The SMILES string of the molecule is CCOC(=O)c1cnn2cc(CNC)cnc12. The highest BCUT2D eigenvalue weighted by molar-refractivity contribution is 5.95. The maximum atomic E-state index is 11.6. The topological polar surface area (TPSA) is 68.5 Å². The first-order valence-corrected chi connectivity index (χ1v) is 5.40. The van der Waals surface area contributed by atoms with Crippen molar-refractivity contribution in [3.8, 4) is 0 Å². The fraction of sp³-hybridized carbons (Fsp3) is 0.364. The monoisotopic (exact) mass is 234 g/mol. The molecule has 0 bridgehead atoms. The van der Waals surface area contributed by atoms with Crippen molar-refractivity contribution in [3.63, 3.8) is 0 Å². The summed E-state index contributed by atoms with van der Waals surface area (Å²) in [5.41, 5.74) is 1.91. The quantitative estimate of drug-likeness (QED) is 0.786. The number of carbonyl (C=O) groups excluding carboxylic acids is 1. The molecule has 6 nitrogen and oxygen atoms in total. The van der Waals surface area contributed by atoms with Crippen molar-refractivity contribution in [2.45, 2.75) is 13.5 Å². The van der Waals surface area contributed by atoms with Gasteiger partial charge in [-0.15, -0.1) is 0 Å². The van der Waals surface area contributed by atoms with E-state index >= 15 is 0 Å². The van der Waals surface area contributed by atoms with E-state index < -0.39 is 5.97 Å². The first-order chi connectivity index (χ1) is 8.26. The van der Waals surface area contributed by atoms with E-state index in [1.54, 1.807) is 17.6 Å². The van der Waals surface area contributed by atoms with Crippen LogP contribution < -0.4 is 5.32 Å². The first-order valence-electron chi connectivity index (χ1n) is 5.40. The molecule has 6 heteroatoms. The molecule has 0 aliphatic carbocycles. The summed E-state index contributed by atoms with van der Waals surface area (Å²) in [4.78, 5) is 15.8. The van der Waals surface area contributed by atoms with Crippen molar-refractivity contribution in [1.29, 1.82) is 0 Å².